The van der Waals surface area contributed by atoms with Gasteiger partial charge in [0.25, 0.3) is 0 Å². The van der Waals surface area contributed by atoms with E-state index in [0.29, 0.717) is 22.6 Å². The number of nitrogens with one attached hydrogen (secondary N) is 1. The van der Waals surface area contributed by atoms with Crippen molar-refractivity contribution in [1.29, 1.82) is 0 Å². The standard InChI is InChI=1S/C28H22N4O6/c1-16-11-12-19(14-17(16)2)32-27(34)25(24(31-32)23-10-5-13-37-23)30-29-22-9-4-8-21(26(22)33)18-6-3-7-20(15-18)38-28(35)36/h3-15,29,33H,1-2H3,(H,35,36). The number of furan rings is 1. The Kier molecular flexibility index (Phi) is 6.36. The van der Waals surface area contributed by atoms with E-state index in [4.69, 9.17) is 14.3 Å². The third kappa shape index (κ3) is 4.70. The van der Waals surface area contributed by atoms with Gasteiger partial charge in [-0.2, -0.15) is 15.2 Å². The fourth-order valence-corrected chi connectivity index (χ4v) is 3.92. The minimum absolute atomic E-state index is 0.000151. The SMILES string of the molecule is Cc1ccc(N2N=C(c3ccco3)C(=NNc3cccc(-c4cccc(OC(=O)O)c4)c3O)C2=O)cc1C. The summed E-state index contributed by atoms with van der Waals surface area (Å²) in [6, 6.07) is 20.2. The van der Waals surface area contributed by atoms with Crippen molar-refractivity contribution in [2.24, 2.45) is 10.2 Å². The number of rotatable bonds is 6. The van der Waals surface area contributed by atoms with E-state index >= 15 is 0 Å². The molecule has 10 nitrogen and oxygen atoms in total. The molecule has 0 spiro atoms. The van der Waals surface area contributed by atoms with Crippen LogP contribution in [0.5, 0.6) is 11.5 Å². The number of hydrogen-bond acceptors (Lipinski definition) is 8. The average molecular weight is 511 g/mol. The first-order valence-electron chi connectivity index (χ1n) is 11.5. The van der Waals surface area contributed by atoms with Crippen LogP contribution in [0.15, 0.2) is 93.7 Å². The Labute approximate surface area is 217 Å². The quantitative estimate of drug-likeness (QED) is 0.134. The molecule has 1 aromatic heterocycles. The predicted molar refractivity (Wildman–Crippen MR) is 142 cm³/mol. The summed E-state index contributed by atoms with van der Waals surface area (Å²) in [4.78, 5) is 24.3. The van der Waals surface area contributed by atoms with Crippen LogP contribution in [0.3, 0.4) is 0 Å². The van der Waals surface area contributed by atoms with Gasteiger partial charge >= 0.3 is 12.1 Å². The molecule has 10 heteroatoms. The van der Waals surface area contributed by atoms with Gasteiger partial charge in [-0.3, -0.25) is 10.2 Å². The fourth-order valence-electron chi connectivity index (χ4n) is 3.92. The number of amides is 1. The highest BCUT2D eigenvalue weighted by atomic mass is 16.7. The number of benzene rings is 3. The summed E-state index contributed by atoms with van der Waals surface area (Å²) in [5, 5.41) is 29.9. The van der Waals surface area contributed by atoms with E-state index in [-0.39, 0.29) is 28.6 Å². The molecule has 0 fully saturated rings. The molecule has 1 aliphatic heterocycles. The van der Waals surface area contributed by atoms with Gasteiger partial charge in [0.1, 0.15) is 11.5 Å². The van der Waals surface area contributed by atoms with Gasteiger partial charge in [0.05, 0.1) is 17.6 Å². The zero-order valence-corrected chi connectivity index (χ0v) is 20.4. The Morgan fingerprint density at radius 2 is 1.84 bits per heavy atom. The minimum atomic E-state index is -1.44. The summed E-state index contributed by atoms with van der Waals surface area (Å²) in [7, 11) is 0. The van der Waals surface area contributed by atoms with E-state index < -0.39 is 12.1 Å². The Morgan fingerprint density at radius 1 is 1.03 bits per heavy atom. The van der Waals surface area contributed by atoms with Crippen molar-refractivity contribution in [2.75, 3.05) is 10.4 Å². The highest BCUT2D eigenvalue weighted by molar-refractivity contribution is 6.74. The van der Waals surface area contributed by atoms with Gasteiger partial charge in [0.15, 0.2) is 17.2 Å². The molecule has 0 saturated heterocycles. The van der Waals surface area contributed by atoms with Crippen LogP contribution in [0.25, 0.3) is 11.1 Å². The van der Waals surface area contributed by atoms with Crippen molar-refractivity contribution in [3.05, 3.63) is 95.9 Å². The van der Waals surface area contributed by atoms with E-state index in [1.165, 1.54) is 23.4 Å². The highest BCUT2D eigenvalue weighted by Gasteiger charge is 2.35. The van der Waals surface area contributed by atoms with Crippen LogP contribution in [0.4, 0.5) is 16.2 Å². The van der Waals surface area contributed by atoms with E-state index in [1.54, 1.807) is 48.5 Å². The highest BCUT2D eigenvalue weighted by Crippen LogP contribution is 2.37. The Morgan fingerprint density at radius 3 is 2.58 bits per heavy atom. The summed E-state index contributed by atoms with van der Waals surface area (Å²) in [5.41, 5.74) is 6.82. The average Bonchev–Trinajstić information content (AvgIpc) is 3.53. The molecule has 0 radical (unpaired) electrons. The van der Waals surface area contributed by atoms with Gasteiger partial charge in [-0.1, -0.05) is 30.3 Å². The molecule has 0 unspecified atom stereocenters. The molecule has 0 atom stereocenters. The number of carbonyl (C=O) groups excluding carboxylic acids is 1. The van der Waals surface area contributed by atoms with Crippen LogP contribution in [0, 0.1) is 13.8 Å². The molecule has 5 rings (SSSR count). The van der Waals surface area contributed by atoms with Crippen molar-refractivity contribution in [2.45, 2.75) is 13.8 Å². The smallest absolute Gasteiger partial charge is 0.505 e. The molecule has 4 aromatic rings. The first kappa shape index (κ1) is 24.3. The summed E-state index contributed by atoms with van der Waals surface area (Å²) < 4.78 is 10.2. The third-order valence-corrected chi connectivity index (χ3v) is 5.98. The van der Waals surface area contributed by atoms with Gasteiger partial charge in [-0.25, -0.2) is 4.79 Å². The van der Waals surface area contributed by atoms with Gasteiger partial charge in [0, 0.05) is 5.56 Å². The second kappa shape index (κ2) is 9.94. The van der Waals surface area contributed by atoms with Crippen LogP contribution < -0.4 is 15.2 Å². The van der Waals surface area contributed by atoms with Crippen molar-refractivity contribution in [3.63, 3.8) is 0 Å². The second-order valence-electron chi connectivity index (χ2n) is 8.48. The number of ether oxygens (including phenoxy) is 1. The van der Waals surface area contributed by atoms with Crippen molar-refractivity contribution >= 4 is 34.9 Å². The normalized spacial score (nSPS) is 14.1. The molecular formula is C28H22N4O6. The molecule has 38 heavy (non-hydrogen) atoms. The molecule has 0 bridgehead atoms. The Balaban J connectivity index is 1.48. The maximum Gasteiger partial charge on any atom is 0.511 e. The molecule has 1 aliphatic rings. The second-order valence-corrected chi connectivity index (χ2v) is 8.48. The van der Waals surface area contributed by atoms with Crippen molar-refractivity contribution in [3.8, 4) is 22.6 Å². The molecule has 0 aliphatic carbocycles. The maximum absolute atomic E-state index is 13.4. The summed E-state index contributed by atoms with van der Waals surface area (Å²) >= 11 is 0. The molecule has 1 amide bonds. The van der Waals surface area contributed by atoms with Gasteiger partial charge < -0.3 is 19.4 Å². The maximum atomic E-state index is 13.4. The lowest BCUT2D eigenvalue weighted by Gasteiger charge is -2.13. The number of carboxylic acid groups (broad SMARTS) is 1. The lowest BCUT2D eigenvalue weighted by atomic mass is 10.0. The Hall–Kier alpha value is -5.38. The fraction of sp³-hybridized carbons (Fsp3) is 0.0714. The minimum Gasteiger partial charge on any atom is -0.505 e. The van der Waals surface area contributed by atoms with E-state index in [2.05, 4.69) is 15.6 Å². The number of aryl methyl sites for hydroxylation is 2. The third-order valence-electron chi connectivity index (χ3n) is 5.98. The number of para-hydroxylation sites is 1. The lowest BCUT2D eigenvalue weighted by molar-refractivity contribution is -0.112. The number of aromatic hydroxyl groups is 1. The number of nitrogens with zero attached hydrogens (tertiary/aromatic N) is 3. The lowest BCUT2D eigenvalue weighted by Crippen LogP contribution is -2.28. The largest absolute Gasteiger partial charge is 0.511 e. The van der Waals surface area contributed by atoms with Crippen LogP contribution in [0.1, 0.15) is 16.9 Å². The number of anilines is 2. The van der Waals surface area contributed by atoms with E-state index in [9.17, 15) is 14.7 Å². The first-order valence-corrected chi connectivity index (χ1v) is 11.5. The number of phenols is 1. The molecule has 3 aromatic carbocycles. The van der Waals surface area contributed by atoms with Crippen LogP contribution >= 0.6 is 0 Å². The number of hydrazone groups is 2. The summed E-state index contributed by atoms with van der Waals surface area (Å²) in [6.07, 6.45) is 0.0338. The van der Waals surface area contributed by atoms with E-state index in [1.807, 2.05) is 26.0 Å². The molecule has 2 heterocycles. The first-order chi connectivity index (χ1) is 18.3. The van der Waals surface area contributed by atoms with Gasteiger partial charge in [-0.05, 0) is 73.0 Å². The van der Waals surface area contributed by atoms with E-state index in [0.717, 1.165) is 11.1 Å². The monoisotopic (exact) mass is 510 g/mol. The number of carbonyl (C=O) groups is 2. The van der Waals surface area contributed by atoms with Crippen LogP contribution in [-0.2, 0) is 4.79 Å². The summed E-state index contributed by atoms with van der Waals surface area (Å²) in [5.74, 6) is -0.160. The number of hydrogen-bond donors (Lipinski definition) is 3. The van der Waals surface area contributed by atoms with Crippen LogP contribution in [-0.4, -0.2) is 33.7 Å². The molecule has 0 saturated carbocycles. The zero-order valence-electron chi connectivity index (χ0n) is 20.4. The number of phenolic OH excluding ortho intramolecular Hbond substituents is 1. The van der Waals surface area contributed by atoms with Gasteiger partial charge in [-0.15, -0.1) is 0 Å². The molecule has 190 valence electrons. The summed E-state index contributed by atoms with van der Waals surface area (Å²) in [6.45, 7) is 3.93. The van der Waals surface area contributed by atoms with Crippen molar-refractivity contribution < 1.29 is 29.0 Å². The predicted octanol–water partition coefficient (Wildman–Crippen LogP) is 5.54. The van der Waals surface area contributed by atoms with Gasteiger partial charge in [0.2, 0.25) is 0 Å². The topological polar surface area (TPSA) is 137 Å². The molecule has 3 N–H and O–H groups in total. The molecular weight excluding hydrogens is 488 g/mol. The zero-order chi connectivity index (χ0) is 26.8. The Bertz CT molecular complexity index is 1610. The van der Waals surface area contributed by atoms with Crippen LogP contribution in [0.2, 0.25) is 0 Å². The van der Waals surface area contributed by atoms with Crippen molar-refractivity contribution in [1.82, 2.24) is 0 Å².